The molecule has 9 nitrogen and oxygen atoms in total. The number of aromatic nitrogens is 4. The van der Waals surface area contributed by atoms with Gasteiger partial charge in [0.25, 0.3) is 5.56 Å². The van der Waals surface area contributed by atoms with Gasteiger partial charge in [-0.05, 0) is 31.9 Å². The van der Waals surface area contributed by atoms with E-state index in [1.807, 2.05) is 45.0 Å². The van der Waals surface area contributed by atoms with Crippen LogP contribution in [0.5, 0.6) is 0 Å². The smallest absolute Gasteiger partial charge is 0.333 e. The topological polar surface area (TPSA) is 111 Å². The lowest BCUT2D eigenvalue weighted by molar-refractivity contribution is -0.121. The molecule has 1 aromatic carbocycles. The molecule has 0 spiro atoms. The lowest BCUT2D eigenvalue weighted by atomic mass is 10.2. The Morgan fingerprint density at radius 3 is 2.44 bits per heavy atom. The number of carbonyl (C=O) groups excluding carboxylic acids is 1. The van der Waals surface area contributed by atoms with E-state index in [-0.39, 0.29) is 24.3 Å². The molecule has 184 valence electrons. The maximum atomic E-state index is 13.3. The van der Waals surface area contributed by atoms with E-state index in [0.717, 1.165) is 28.7 Å². The second kappa shape index (κ2) is 12.0. The number of benzene rings is 1. The number of aliphatic hydroxyl groups excluding tert-OH is 1. The van der Waals surface area contributed by atoms with Gasteiger partial charge in [-0.25, -0.2) is 14.3 Å². The SMILES string of the molecule is CCCCn1c(=O)n(CC(=O)NCCSc2ccc(C)cc2)c(=O)c2c1nc(CO)n2CCC. The van der Waals surface area contributed by atoms with Crippen LogP contribution in [0.15, 0.2) is 38.8 Å². The summed E-state index contributed by atoms with van der Waals surface area (Å²) < 4.78 is 4.09. The molecule has 0 bridgehead atoms. The van der Waals surface area contributed by atoms with Crippen LogP contribution in [0.1, 0.15) is 44.5 Å². The van der Waals surface area contributed by atoms with Gasteiger partial charge in [-0.3, -0.25) is 14.2 Å². The van der Waals surface area contributed by atoms with Crippen molar-refractivity contribution in [2.45, 2.75) is 71.2 Å². The number of carbonyl (C=O) groups is 1. The molecule has 10 heteroatoms. The van der Waals surface area contributed by atoms with Crippen molar-refractivity contribution in [3.63, 3.8) is 0 Å². The summed E-state index contributed by atoms with van der Waals surface area (Å²) >= 11 is 1.63. The van der Waals surface area contributed by atoms with Gasteiger partial charge < -0.3 is 15.0 Å². The quantitative estimate of drug-likeness (QED) is 0.300. The number of hydrogen-bond acceptors (Lipinski definition) is 6. The fourth-order valence-corrected chi connectivity index (χ4v) is 4.54. The zero-order valence-electron chi connectivity index (χ0n) is 20.0. The van der Waals surface area contributed by atoms with E-state index in [2.05, 4.69) is 10.3 Å². The zero-order valence-corrected chi connectivity index (χ0v) is 20.9. The summed E-state index contributed by atoms with van der Waals surface area (Å²) in [4.78, 5) is 44.6. The highest BCUT2D eigenvalue weighted by Gasteiger charge is 2.22. The third-order valence-electron chi connectivity index (χ3n) is 5.53. The summed E-state index contributed by atoms with van der Waals surface area (Å²) in [6.07, 6.45) is 2.31. The van der Waals surface area contributed by atoms with Gasteiger partial charge in [0.05, 0.1) is 0 Å². The summed E-state index contributed by atoms with van der Waals surface area (Å²) in [6, 6.07) is 8.15. The molecule has 2 heterocycles. The molecule has 0 aliphatic carbocycles. The van der Waals surface area contributed by atoms with Gasteiger partial charge in [0, 0.05) is 30.3 Å². The first kappa shape index (κ1) is 25.8. The first-order chi connectivity index (χ1) is 16.4. The van der Waals surface area contributed by atoms with Crippen LogP contribution in [-0.4, -0.2) is 42.0 Å². The van der Waals surface area contributed by atoms with E-state index >= 15 is 0 Å². The number of thioether (sulfide) groups is 1. The van der Waals surface area contributed by atoms with Crippen LogP contribution in [0, 0.1) is 6.92 Å². The molecule has 3 rings (SSSR count). The van der Waals surface area contributed by atoms with Crippen LogP contribution in [0.2, 0.25) is 0 Å². The average Bonchev–Trinajstić information content (AvgIpc) is 3.19. The van der Waals surface area contributed by atoms with Crippen molar-refractivity contribution in [2.24, 2.45) is 0 Å². The fourth-order valence-electron chi connectivity index (χ4n) is 3.77. The molecule has 0 saturated carbocycles. The third kappa shape index (κ3) is 5.79. The van der Waals surface area contributed by atoms with Crippen LogP contribution in [0.25, 0.3) is 11.2 Å². The number of nitrogens with one attached hydrogen (secondary N) is 1. The van der Waals surface area contributed by atoms with Crippen LogP contribution < -0.4 is 16.6 Å². The number of rotatable bonds is 12. The minimum Gasteiger partial charge on any atom is -0.388 e. The molecule has 34 heavy (non-hydrogen) atoms. The molecular formula is C24H33N5O4S. The Kier molecular flexibility index (Phi) is 9.12. The Morgan fingerprint density at radius 1 is 1.06 bits per heavy atom. The Bertz CT molecular complexity index is 1240. The van der Waals surface area contributed by atoms with E-state index in [0.29, 0.717) is 31.2 Å². The second-order valence-corrected chi connectivity index (χ2v) is 9.37. The Balaban J connectivity index is 1.83. The zero-order chi connectivity index (χ0) is 24.7. The molecule has 0 aliphatic rings. The predicted octanol–water partition coefficient (Wildman–Crippen LogP) is 2.28. The van der Waals surface area contributed by atoms with Crippen molar-refractivity contribution in [3.8, 4) is 0 Å². The molecule has 2 N–H and O–H groups in total. The summed E-state index contributed by atoms with van der Waals surface area (Å²) in [5, 5.41) is 12.6. The normalized spacial score (nSPS) is 11.3. The summed E-state index contributed by atoms with van der Waals surface area (Å²) in [5.41, 5.74) is 0.603. The van der Waals surface area contributed by atoms with E-state index in [1.165, 1.54) is 10.1 Å². The van der Waals surface area contributed by atoms with Gasteiger partial charge in [0.2, 0.25) is 5.91 Å². The molecule has 1 amide bonds. The molecular weight excluding hydrogens is 454 g/mol. The molecule has 0 saturated heterocycles. The van der Waals surface area contributed by atoms with Gasteiger partial charge in [-0.15, -0.1) is 11.8 Å². The molecule has 0 radical (unpaired) electrons. The molecule has 0 unspecified atom stereocenters. The number of amides is 1. The average molecular weight is 488 g/mol. The number of unbranched alkanes of at least 4 members (excludes halogenated alkanes) is 1. The Labute approximate surface area is 202 Å². The van der Waals surface area contributed by atoms with Crippen molar-refractivity contribution < 1.29 is 9.90 Å². The third-order valence-corrected chi connectivity index (χ3v) is 6.55. The van der Waals surface area contributed by atoms with Crippen molar-refractivity contribution in [2.75, 3.05) is 12.3 Å². The highest BCUT2D eigenvalue weighted by Crippen LogP contribution is 2.17. The Hall–Kier alpha value is -2.85. The predicted molar refractivity (Wildman–Crippen MR) is 134 cm³/mol. The monoisotopic (exact) mass is 487 g/mol. The highest BCUT2D eigenvalue weighted by molar-refractivity contribution is 7.99. The summed E-state index contributed by atoms with van der Waals surface area (Å²) in [5.74, 6) is 0.620. The highest BCUT2D eigenvalue weighted by atomic mass is 32.2. The lowest BCUT2D eigenvalue weighted by Gasteiger charge is -2.12. The van der Waals surface area contributed by atoms with Gasteiger partial charge in [-0.2, -0.15) is 0 Å². The number of nitrogens with zero attached hydrogens (tertiary/aromatic N) is 4. The summed E-state index contributed by atoms with van der Waals surface area (Å²) in [7, 11) is 0. The van der Waals surface area contributed by atoms with Crippen molar-refractivity contribution >= 4 is 28.8 Å². The van der Waals surface area contributed by atoms with Gasteiger partial charge in [-0.1, -0.05) is 38.0 Å². The van der Waals surface area contributed by atoms with Crippen LogP contribution in [0.4, 0.5) is 0 Å². The van der Waals surface area contributed by atoms with Crippen LogP contribution in [0.3, 0.4) is 0 Å². The minimum absolute atomic E-state index is 0.254. The maximum Gasteiger partial charge on any atom is 0.333 e. The molecule has 0 aliphatic heterocycles. The van der Waals surface area contributed by atoms with E-state index in [4.69, 9.17) is 0 Å². The molecule has 3 aromatic rings. The van der Waals surface area contributed by atoms with Gasteiger partial charge in [0.15, 0.2) is 11.2 Å². The first-order valence-corrected chi connectivity index (χ1v) is 12.7. The second-order valence-electron chi connectivity index (χ2n) is 8.20. The van der Waals surface area contributed by atoms with Crippen molar-refractivity contribution in [1.82, 2.24) is 24.0 Å². The van der Waals surface area contributed by atoms with E-state index in [9.17, 15) is 19.5 Å². The van der Waals surface area contributed by atoms with Crippen molar-refractivity contribution in [3.05, 3.63) is 56.5 Å². The number of fused-ring (bicyclic) bond motifs is 1. The van der Waals surface area contributed by atoms with Crippen LogP contribution >= 0.6 is 11.8 Å². The first-order valence-electron chi connectivity index (χ1n) is 11.7. The largest absolute Gasteiger partial charge is 0.388 e. The van der Waals surface area contributed by atoms with Crippen LogP contribution in [-0.2, 0) is 31.0 Å². The molecule has 0 fully saturated rings. The number of aryl methyl sites for hydroxylation is 3. The fraction of sp³-hybridized carbons (Fsp3) is 0.500. The lowest BCUT2D eigenvalue weighted by Crippen LogP contribution is -2.44. The number of hydrogen-bond donors (Lipinski definition) is 2. The standard InChI is InChI=1S/C24H33N5O4S/c1-4-6-13-28-22-21(27(12-5-2)19(16-30)26-22)23(32)29(24(28)33)15-20(31)25-11-14-34-18-9-7-17(3)8-10-18/h7-10,30H,4-6,11-16H2,1-3H3,(H,25,31). The minimum atomic E-state index is -0.558. The number of aliphatic hydroxyl groups is 1. The molecule has 0 atom stereocenters. The van der Waals surface area contributed by atoms with Gasteiger partial charge in [0.1, 0.15) is 19.0 Å². The van der Waals surface area contributed by atoms with Gasteiger partial charge >= 0.3 is 5.69 Å². The van der Waals surface area contributed by atoms with E-state index in [1.54, 1.807) is 16.3 Å². The van der Waals surface area contributed by atoms with Crippen molar-refractivity contribution in [1.29, 1.82) is 0 Å². The van der Waals surface area contributed by atoms with E-state index < -0.39 is 17.2 Å². The Morgan fingerprint density at radius 2 is 1.79 bits per heavy atom. The maximum absolute atomic E-state index is 13.3. The molecule has 2 aromatic heterocycles. The number of imidazole rings is 1. The summed E-state index contributed by atoms with van der Waals surface area (Å²) in [6.45, 7) is 6.58.